The molecule has 1 heterocycles. The molecule has 1 saturated carbocycles. The summed E-state index contributed by atoms with van der Waals surface area (Å²) in [6.07, 6.45) is -1.03. The van der Waals surface area contributed by atoms with Crippen LogP contribution in [0.1, 0.15) is 23.5 Å². The number of anilines is 1. The topological polar surface area (TPSA) is 66.9 Å². The largest absolute Gasteiger partial charge is 0.416 e. The van der Waals surface area contributed by atoms with Gasteiger partial charge >= 0.3 is 6.18 Å². The monoisotopic (exact) mass is 322 g/mol. The van der Waals surface area contributed by atoms with Gasteiger partial charge in [0, 0.05) is 18.3 Å². The Kier molecular flexibility index (Phi) is 3.89. The van der Waals surface area contributed by atoms with Crippen LogP contribution in [-0.2, 0) is 11.0 Å². The quantitative estimate of drug-likeness (QED) is 0.850. The van der Waals surface area contributed by atoms with Crippen molar-refractivity contribution in [2.24, 2.45) is 5.92 Å². The minimum atomic E-state index is -4.42. The van der Waals surface area contributed by atoms with Crippen LogP contribution in [0.4, 0.5) is 19.1 Å². The van der Waals surface area contributed by atoms with Gasteiger partial charge in [0.25, 0.3) is 0 Å². The molecule has 0 spiro atoms. The summed E-state index contributed by atoms with van der Waals surface area (Å²) in [5, 5.41) is 0. The molecule has 2 unspecified atom stereocenters. The van der Waals surface area contributed by atoms with Crippen molar-refractivity contribution >= 4 is 11.9 Å². The second kappa shape index (κ2) is 5.86. The molecule has 23 heavy (non-hydrogen) atoms. The van der Waals surface area contributed by atoms with E-state index in [9.17, 15) is 18.0 Å². The Balaban J connectivity index is 1.65. The van der Waals surface area contributed by atoms with Crippen LogP contribution in [0.5, 0.6) is 0 Å². The molecule has 8 heteroatoms. The lowest BCUT2D eigenvalue weighted by Gasteiger charge is -2.12. The van der Waals surface area contributed by atoms with Gasteiger partial charge in [-0.05, 0) is 30.0 Å². The molecular weight excluding hydrogens is 309 g/mol. The van der Waals surface area contributed by atoms with Gasteiger partial charge in [0.05, 0.1) is 5.56 Å². The molecule has 0 radical (unpaired) electrons. The maximum absolute atomic E-state index is 13.0. The van der Waals surface area contributed by atoms with Gasteiger partial charge in [-0.2, -0.15) is 13.2 Å². The van der Waals surface area contributed by atoms with Gasteiger partial charge in [-0.25, -0.2) is 9.97 Å². The number of alkyl halides is 3. The molecule has 120 valence electrons. The second-order valence-electron chi connectivity index (χ2n) is 5.22. The molecule has 2 N–H and O–H groups in total. The van der Waals surface area contributed by atoms with E-state index in [2.05, 4.69) is 20.8 Å². The molecule has 3 rings (SSSR count). The first-order valence-corrected chi connectivity index (χ1v) is 6.96. The Labute approximate surface area is 129 Å². The van der Waals surface area contributed by atoms with Crippen LogP contribution in [0.3, 0.4) is 0 Å². The van der Waals surface area contributed by atoms with E-state index >= 15 is 0 Å². The first-order chi connectivity index (χ1) is 11.0. The summed E-state index contributed by atoms with van der Waals surface area (Å²) < 4.78 is 39.0. The van der Waals surface area contributed by atoms with E-state index in [4.69, 9.17) is 0 Å². The Morgan fingerprint density at radius 3 is 2.52 bits per heavy atom. The smallest absolute Gasteiger partial charge is 0.273 e. The van der Waals surface area contributed by atoms with Crippen molar-refractivity contribution in [2.45, 2.75) is 18.5 Å². The minimum absolute atomic E-state index is 0.163. The number of hydrogen-bond acceptors (Lipinski definition) is 4. The van der Waals surface area contributed by atoms with Gasteiger partial charge in [-0.1, -0.05) is 18.2 Å². The molecule has 1 aromatic carbocycles. The van der Waals surface area contributed by atoms with Gasteiger partial charge in [0.2, 0.25) is 11.9 Å². The summed E-state index contributed by atoms with van der Waals surface area (Å²) >= 11 is 0. The standard InChI is InChI=1S/C15H13F3N4O/c16-15(17,18)12-5-2-1-4-9(12)10-8-11(10)13(23)21-22-14-19-6-3-7-20-14/h1-7,10-11H,8H2,(H,21,23)(H,19,20,22). The number of hydrogen-bond donors (Lipinski definition) is 2. The second-order valence-corrected chi connectivity index (χ2v) is 5.22. The molecule has 5 nitrogen and oxygen atoms in total. The summed E-state index contributed by atoms with van der Waals surface area (Å²) in [7, 11) is 0. The fourth-order valence-electron chi connectivity index (χ4n) is 2.48. The fourth-order valence-corrected chi connectivity index (χ4v) is 2.48. The van der Waals surface area contributed by atoms with Gasteiger partial charge in [0.15, 0.2) is 0 Å². The number of carbonyl (C=O) groups is 1. The van der Waals surface area contributed by atoms with Crippen LogP contribution in [0.2, 0.25) is 0 Å². The third kappa shape index (κ3) is 3.41. The summed E-state index contributed by atoms with van der Waals surface area (Å²) in [6.45, 7) is 0. The molecular formula is C15H13F3N4O. The normalized spacial score (nSPS) is 20.0. The molecule has 0 saturated heterocycles. The predicted molar refractivity (Wildman–Crippen MR) is 76.1 cm³/mol. The summed E-state index contributed by atoms with van der Waals surface area (Å²) in [4.78, 5) is 19.7. The number of nitrogens with one attached hydrogen (secondary N) is 2. The van der Waals surface area contributed by atoms with Crippen LogP contribution in [0.15, 0.2) is 42.7 Å². The number of amides is 1. The Morgan fingerprint density at radius 2 is 1.83 bits per heavy atom. The third-order valence-electron chi connectivity index (χ3n) is 3.66. The van der Waals surface area contributed by atoms with Crippen LogP contribution in [0, 0.1) is 5.92 Å². The SMILES string of the molecule is O=C(NNc1ncccn1)C1CC1c1ccccc1C(F)(F)F. The lowest BCUT2D eigenvalue weighted by atomic mass is 10.0. The molecule has 0 bridgehead atoms. The number of nitrogens with zero attached hydrogens (tertiary/aromatic N) is 2. The number of hydrazine groups is 1. The van der Waals surface area contributed by atoms with Crippen molar-refractivity contribution in [1.29, 1.82) is 0 Å². The lowest BCUT2D eigenvalue weighted by molar-refractivity contribution is -0.138. The molecule has 2 aromatic rings. The lowest BCUT2D eigenvalue weighted by Crippen LogP contribution is -2.32. The first kappa shape index (κ1) is 15.3. The number of halogens is 3. The average Bonchev–Trinajstić information content (AvgIpc) is 3.33. The van der Waals surface area contributed by atoms with E-state index in [0.29, 0.717) is 6.42 Å². The highest BCUT2D eigenvalue weighted by molar-refractivity contribution is 5.83. The summed E-state index contributed by atoms with van der Waals surface area (Å²) in [5.41, 5.74) is 4.44. The maximum atomic E-state index is 13.0. The highest BCUT2D eigenvalue weighted by Gasteiger charge is 2.47. The van der Waals surface area contributed by atoms with Crippen molar-refractivity contribution in [3.8, 4) is 0 Å². The van der Waals surface area contributed by atoms with E-state index in [1.54, 1.807) is 12.1 Å². The molecule has 1 aliphatic rings. The highest BCUT2D eigenvalue weighted by atomic mass is 19.4. The molecule has 1 aliphatic carbocycles. The highest BCUT2D eigenvalue weighted by Crippen LogP contribution is 2.50. The van der Waals surface area contributed by atoms with Crippen molar-refractivity contribution < 1.29 is 18.0 Å². The minimum Gasteiger partial charge on any atom is -0.273 e. The van der Waals surface area contributed by atoms with Gasteiger partial charge in [-0.15, -0.1) is 0 Å². The van der Waals surface area contributed by atoms with Crippen LogP contribution < -0.4 is 10.9 Å². The van der Waals surface area contributed by atoms with Gasteiger partial charge in [0.1, 0.15) is 0 Å². The Hall–Kier alpha value is -2.64. The zero-order valence-electron chi connectivity index (χ0n) is 11.8. The number of carbonyl (C=O) groups excluding carboxylic acids is 1. The third-order valence-corrected chi connectivity index (χ3v) is 3.66. The molecule has 1 aromatic heterocycles. The van der Waals surface area contributed by atoms with E-state index in [-0.39, 0.29) is 17.4 Å². The van der Waals surface area contributed by atoms with E-state index in [0.717, 1.165) is 6.07 Å². The summed E-state index contributed by atoms with van der Waals surface area (Å²) in [5.74, 6) is -1.07. The molecule has 2 atom stereocenters. The first-order valence-electron chi connectivity index (χ1n) is 6.96. The van der Waals surface area contributed by atoms with Gasteiger partial charge < -0.3 is 0 Å². The molecule has 1 amide bonds. The van der Waals surface area contributed by atoms with E-state index in [1.807, 2.05) is 0 Å². The van der Waals surface area contributed by atoms with Crippen LogP contribution in [-0.4, -0.2) is 15.9 Å². The van der Waals surface area contributed by atoms with Crippen molar-refractivity contribution in [3.63, 3.8) is 0 Å². The number of aromatic nitrogens is 2. The van der Waals surface area contributed by atoms with E-state index in [1.165, 1.54) is 24.5 Å². The number of rotatable bonds is 4. The predicted octanol–water partition coefficient (Wildman–Crippen LogP) is 2.74. The van der Waals surface area contributed by atoms with Gasteiger partial charge in [-0.3, -0.25) is 15.6 Å². The molecule has 0 aliphatic heterocycles. The summed E-state index contributed by atoms with van der Waals surface area (Å²) in [6, 6.07) is 6.98. The zero-order valence-corrected chi connectivity index (χ0v) is 11.8. The zero-order chi connectivity index (χ0) is 16.4. The van der Waals surface area contributed by atoms with Crippen molar-refractivity contribution in [1.82, 2.24) is 15.4 Å². The molecule has 1 fully saturated rings. The average molecular weight is 322 g/mol. The Bertz CT molecular complexity index is 705. The maximum Gasteiger partial charge on any atom is 0.416 e. The van der Waals surface area contributed by atoms with E-state index < -0.39 is 23.6 Å². The van der Waals surface area contributed by atoms with Crippen molar-refractivity contribution in [3.05, 3.63) is 53.9 Å². The fraction of sp³-hybridized carbons (Fsp3) is 0.267. The number of benzene rings is 1. The Morgan fingerprint density at radius 1 is 1.13 bits per heavy atom. The van der Waals surface area contributed by atoms with Crippen LogP contribution >= 0.6 is 0 Å². The van der Waals surface area contributed by atoms with Crippen LogP contribution in [0.25, 0.3) is 0 Å². The van der Waals surface area contributed by atoms with Crippen molar-refractivity contribution in [2.75, 3.05) is 5.43 Å².